The van der Waals surface area contributed by atoms with E-state index in [0.717, 1.165) is 38.5 Å². The predicted octanol–water partition coefficient (Wildman–Crippen LogP) is 0.221. The zero-order valence-corrected chi connectivity index (χ0v) is 9.85. The van der Waals surface area contributed by atoms with Crippen molar-refractivity contribution in [1.29, 1.82) is 0 Å². The lowest BCUT2D eigenvalue weighted by molar-refractivity contribution is 0.296. The van der Waals surface area contributed by atoms with Crippen molar-refractivity contribution in [2.24, 2.45) is 10.9 Å². The molecule has 5 nitrogen and oxygen atoms in total. The molecule has 0 spiro atoms. The quantitative estimate of drug-likeness (QED) is 0.652. The van der Waals surface area contributed by atoms with Gasteiger partial charge in [-0.05, 0) is 12.8 Å². The maximum atomic E-state index is 11.1. The third kappa shape index (κ3) is 4.46. The van der Waals surface area contributed by atoms with Gasteiger partial charge in [0.15, 0.2) is 0 Å². The van der Waals surface area contributed by atoms with Gasteiger partial charge in [0.2, 0.25) is 0 Å². The molecule has 1 aliphatic carbocycles. The molecule has 1 saturated carbocycles. The van der Waals surface area contributed by atoms with Gasteiger partial charge in [-0.1, -0.05) is 32.1 Å². The minimum Gasteiger partial charge on any atom is -0.329 e. The molecule has 0 amide bonds. The van der Waals surface area contributed by atoms with E-state index >= 15 is 0 Å². The lowest BCUT2D eigenvalue weighted by Crippen LogP contribution is -2.55. The summed E-state index contributed by atoms with van der Waals surface area (Å²) in [5.74, 6) is 0. The summed E-state index contributed by atoms with van der Waals surface area (Å²) in [6, 6.07) is 0. The Morgan fingerprint density at radius 1 is 1.07 bits per heavy atom. The van der Waals surface area contributed by atoms with Crippen molar-refractivity contribution < 1.29 is 8.42 Å². The number of hydrogen-bond donors (Lipinski definition) is 3. The first-order valence-corrected chi connectivity index (χ1v) is 7.04. The van der Waals surface area contributed by atoms with Gasteiger partial charge in [-0.25, -0.2) is 5.14 Å². The average Bonchev–Trinajstić information content (AvgIpc) is 2.08. The lowest BCUT2D eigenvalue weighted by Gasteiger charge is -2.34. The molecule has 0 aromatic carbocycles. The zero-order valence-electron chi connectivity index (χ0n) is 9.04. The summed E-state index contributed by atoms with van der Waals surface area (Å²) in [5.41, 5.74) is 5.18. The van der Waals surface area contributed by atoms with Crippen molar-refractivity contribution in [2.75, 3.05) is 6.54 Å². The molecule has 0 atom stereocenters. The van der Waals surface area contributed by atoms with Crippen LogP contribution in [0.2, 0.25) is 0 Å². The standard InChI is InChI=1S/C9H21N3O2S/c10-8-9(12-15(11,13)14)6-4-2-1-3-5-7-9/h12H,1-8,10H2,(H2,11,13,14). The van der Waals surface area contributed by atoms with Crippen LogP contribution in [0.1, 0.15) is 44.9 Å². The van der Waals surface area contributed by atoms with Crippen LogP contribution < -0.4 is 15.6 Å². The van der Waals surface area contributed by atoms with Crippen LogP contribution in [0.15, 0.2) is 0 Å². The van der Waals surface area contributed by atoms with Crippen molar-refractivity contribution in [2.45, 2.75) is 50.5 Å². The predicted molar refractivity (Wildman–Crippen MR) is 60.3 cm³/mol. The molecule has 0 bridgehead atoms. The van der Waals surface area contributed by atoms with Crippen LogP contribution in [0, 0.1) is 0 Å². The van der Waals surface area contributed by atoms with Gasteiger partial charge in [0.05, 0.1) is 0 Å². The highest BCUT2D eigenvalue weighted by atomic mass is 32.2. The summed E-state index contributed by atoms with van der Waals surface area (Å²) in [4.78, 5) is 0. The summed E-state index contributed by atoms with van der Waals surface area (Å²) >= 11 is 0. The summed E-state index contributed by atoms with van der Waals surface area (Å²) < 4.78 is 24.7. The molecule has 90 valence electrons. The van der Waals surface area contributed by atoms with E-state index in [4.69, 9.17) is 10.9 Å². The van der Waals surface area contributed by atoms with Gasteiger partial charge in [-0.15, -0.1) is 0 Å². The van der Waals surface area contributed by atoms with Gasteiger partial charge in [0.1, 0.15) is 0 Å². The number of nitrogens with two attached hydrogens (primary N) is 2. The van der Waals surface area contributed by atoms with E-state index in [2.05, 4.69) is 4.72 Å². The minimum atomic E-state index is -3.65. The van der Waals surface area contributed by atoms with Crippen molar-refractivity contribution in [1.82, 2.24) is 4.72 Å². The van der Waals surface area contributed by atoms with Crippen LogP contribution in [-0.4, -0.2) is 20.5 Å². The highest BCUT2D eigenvalue weighted by molar-refractivity contribution is 7.87. The van der Waals surface area contributed by atoms with Gasteiger partial charge in [0.25, 0.3) is 10.2 Å². The lowest BCUT2D eigenvalue weighted by atomic mass is 9.85. The van der Waals surface area contributed by atoms with Crippen LogP contribution >= 0.6 is 0 Å². The Balaban J connectivity index is 2.70. The van der Waals surface area contributed by atoms with Gasteiger partial charge in [0, 0.05) is 12.1 Å². The second kappa shape index (κ2) is 5.25. The Morgan fingerprint density at radius 3 is 1.93 bits per heavy atom. The first kappa shape index (κ1) is 12.9. The molecule has 0 unspecified atom stereocenters. The van der Waals surface area contributed by atoms with Crippen LogP contribution in [0.3, 0.4) is 0 Å². The Hall–Kier alpha value is -0.170. The fourth-order valence-corrected chi connectivity index (χ4v) is 3.12. The van der Waals surface area contributed by atoms with Gasteiger partial charge >= 0.3 is 0 Å². The number of nitrogens with one attached hydrogen (secondary N) is 1. The molecule has 1 rings (SSSR count). The first-order chi connectivity index (χ1) is 6.97. The zero-order chi connectivity index (χ0) is 11.4. The minimum absolute atomic E-state index is 0.323. The highest BCUT2D eigenvalue weighted by Crippen LogP contribution is 2.25. The van der Waals surface area contributed by atoms with Crippen molar-refractivity contribution >= 4 is 10.2 Å². The second-order valence-electron chi connectivity index (χ2n) is 4.40. The Morgan fingerprint density at radius 2 is 1.53 bits per heavy atom. The van der Waals surface area contributed by atoms with Crippen molar-refractivity contribution in [3.05, 3.63) is 0 Å². The maximum absolute atomic E-state index is 11.1. The Bertz CT molecular complexity index is 282. The molecule has 0 saturated heterocycles. The molecule has 1 aliphatic rings. The Labute approximate surface area is 91.8 Å². The molecule has 6 heteroatoms. The van der Waals surface area contributed by atoms with E-state index in [1.54, 1.807) is 0 Å². The molecule has 0 heterocycles. The molecular formula is C9H21N3O2S. The fourth-order valence-electron chi connectivity index (χ4n) is 2.23. The van der Waals surface area contributed by atoms with E-state index in [1.165, 1.54) is 6.42 Å². The normalized spacial score (nSPS) is 23.1. The third-order valence-electron chi connectivity index (χ3n) is 3.06. The monoisotopic (exact) mass is 235 g/mol. The van der Waals surface area contributed by atoms with E-state index in [1.807, 2.05) is 0 Å². The summed E-state index contributed by atoms with van der Waals surface area (Å²) in [6.07, 6.45) is 7.14. The number of rotatable bonds is 3. The van der Waals surface area contributed by atoms with E-state index in [9.17, 15) is 8.42 Å². The van der Waals surface area contributed by atoms with Gasteiger partial charge in [-0.3, -0.25) is 0 Å². The molecular weight excluding hydrogens is 214 g/mol. The second-order valence-corrected chi connectivity index (χ2v) is 5.69. The maximum Gasteiger partial charge on any atom is 0.274 e. The third-order valence-corrected chi connectivity index (χ3v) is 3.78. The average molecular weight is 235 g/mol. The van der Waals surface area contributed by atoms with Crippen molar-refractivity contribution in [3.63, 3.8) is 0 Å². The van der Waals surface area contributed by atoms with E-state index in [-0.39, 0.29) is 0 Å². The SMILES string of the molecule is NCC1(NS(N)(=O)=O)CCCCCCC1. The first-order valence-electron chi connectivity index (χ1n) is 5.49. The largest absolute Gasteiger partial charge is 0.329 e. The van der Waals surface area contributed by atoms with Crippen molar-refractivity contribution in [3.8, 4) is 0 Å². The van der Waals surface area contributed by atoms with E-state index < -0.39 is 15.7 Å². The molecule has 5 N–H and O–H groups in total. The van der Waals surface area contributed by atoms with Crippen LogP contribution in [0.25, 0.3) is 0 Å². The van der Waals surface area contributed by atoms with Crippen LogP contribution in [-0.2, 0) is 10.2 Å². The summed E-state index contributed by atoms with van der Waals surface area (Å²) in [6.45, 7) is 0.323. The molecule has 0 aromatic heterocycles. The van der Waals surface area contributed by atoms with Crippen LogP contribution in [0.4, 0.5) is 0 Å². The highest BCUT2D eigenvalue weighted by Gasteiger charge is 2.31. The van der Waals surface area contributed by atoms with Crippen LogP contribution in [0.5, 0.6) is 0 Å². The Kier molecular flexibility index (Phi) is 4.51. The van der Waals surface area contributed by atoms with Gasteiger partial charge < -0.3 is 5.73 Å². The fraction of sp³-hybridized carbons (Fsp3) is 1.00. The van der Waals surface area contributed by atoms with E-state index in [0.29, 0.717) is 6.54 Å². The smallest absolute Gasteiger partial charge is 0.274 e. The van der Waals surface area contributed by atoms with Gasteiger partial charge in [-0.2, -0.15) is 13.1 Å². The number of hydrogen-bond acceptors (Lipinski definition) is 3. The molecule has 15 heavy (non-hydrogen) atoms. The molecule has 0 aliphatic heterocycles. The summed E-state index contributed by atoms with van der Waals surface area (Å²) in [7, 11) is -3.65. The topological polar surface area (TPSA) is 98.2 Å². The molecule has 0 radical (unpaired) electrons. The molecule has 1 fully saturated rings. The molecule has 0 aromatic rings. The summed E-state index contributed by atoms with van der Waals surface area (Å²) in [5, 5.41) is 5.02.